The van der Waals surface area contributed by atoms with Gasteiger partial charge in [0.1, 0.15) is 29.0 Å². The van der Waals surface area contributed by atoms with Crippen molar-refractivity contribution in [2.75, 3.05) is 13.7 Å². The van der Waals surface area contributed by atoms with E-state index in [-0.39, 0.29) is 40.8 Å². The Hall–Kier alpha value is -3.39. The summed E-state index contributed by atoms with van der Waals surface area (Å²) in [4.78, 5) is 39.6. The van der Waals surface area contributed by atoms with Crippen molar-refractivity contribution in [3.8, 4) is 17.2 Å². The molecule has 0 unspecified atom stereocenters. The summed E-state index contributed by atoms with van der Waals surface area (Å²) in [5.41, 5.74) is 2.67. The molecular weight excluding hydrogens is 514 g/mol. The van der Waals surface area contributed by atoms with Crippen molar-refractivity contribution in [2.45, 2.75) is 62.4 Å². The molecule has 1 heterocycles. The third-order valence-corrected chi connectivity index (χ3v) is 7.84. The second-order valence-corrected chi connectivity index (χ2v) is 10.2. The fourth-order valence-electron chi connectivity index (χ4n) is 5.69. The monoisotopic (exact) mass is 543 g/mol. The third kappa shape index (κ3) is 4.11. The number of aliphatic hydroxyl groups is 3. The molecule has 1 aliphatic heterocycles. The van der Waals surface area contributed by atoms with E-state index in [2.05, 4.69) is 0 Å². The van der Waals surface area contributed by atoms with Crippen LogP contribution in [-0.2, 0) is 20.7 Å². The van der Waals surface area contributed by atoms with Gasteiger partial charge < -0.3 is 45.5 Å². The SMILES string of the molecule is COc1cccc2c1C(=O)c1c(O)c3c(c(O)c1C2=O)C[C@@](O)(C(C)=O)C[C@@H]3O[C@H]1C[C@@H](N)[C@@H](O)[C@H](CO)O1. The fraction of sp³-hybridized carbons (Fsp3) is 0.444. The maximum absolute atomic E-state index is 13.6. The molecule has 3 aliphatic rings. The molecule has 12 nitrogen and oxygen atoms in total. The number of hydrogen-bond acceptors (Lipinski definition) is 12. The van der Waals surface area contributed by atoms with Gasteiger partial charge in [-0.1, -0.05) is 12.1 Å². The highest BCUT2D eigenvalue weighted by Crippen LogP contribution is 2.52. The van der Waals surface area contributed by atoms with Crippen LogP contribution in [0.25, 0.3) is 0 Å². The normalized spacial score (nSPS) is 29.8. The molecule has 5 rings (SSSR count). The summed E-state index contributed by atoms with van der Waals surface area (Å²) < 4.78 is 16.9. The van der Waals surface area contributed by atoms with Crippen molar-refractivity contribution in [2.24, 2.45) is 5.73 Å². The first-order chi connectivity index (χ1) is 18.4. The van der Waals surface area contributed by atoms with Crippen molar-refractivity contribution in [3.05, 3.63) is 51.6 Å². The minimum Gasteiger partial charge on any atom is -0.507 e. The Kier molecular flexibility index (Phi) is 6.74. The molecule has 39 heavy (non-hydrogen) atoms. The Morgan fingerprint density at radius 2 is 1.85 bits per heavy atom. The number of aromatic hydroxyl groups is 2. The number of aliphatic hydroxyl groups excluding tert-OH is 2. The maximum atomic E-state index is 13.6. The lowest BCUT2D eigenvalue weighted by Crippen LogP contribution is -2.54. The van der Waals surface area contributed by atoms with E-state index in [1.807, 2.05) is 0 Å². The topological polar surface area (TPSA) is 206 Å². The number of nitrogens with two attached hydrogens (primary N) is 1. The molecule has 208 valence electrons. The van der Waals surface area contributed by atoms with Crippen LogP contribution in [0.5, 0.6) is 17.2 Å². The largest absolute Gasteiger partial charge is 0.507 e. The summed E-state index contributed by atoms with van der Waals surface area (Å²) in [5, 5.41) is 53.7. The van der Waals surface area contributed by atoms with Gasteiger partial charge in [-0.05, 0) is 13.0 Å². The number of Topliss-reactive ketones (excluding diaryl/α,β-unsaturated/α-hetero) is 1. The molecule has 0 saturated carbocycles. The zero-order valence-corrected chi connectivity index (χ0v) is 21.2. The first-order valence-corrected chi connectivity index (χ1v) is 12.4. The lowest BCUT2D eigenvalue weighted by atomic mass is 9.72. The van der Waals surface area contributed by atoms with E-state index in [1.54, 1.807) is 0 Å². The summed E-state index contributed by atoms with van der Waals surface area (Å²) in [6.45, 7) is 0.588. The molecule has 0 spiro atoms. The summed E-state index contributed by atoms with van der Waals surface area (Å²) >= 11 is 0. The number of ether oxygens (including phenoxy) is 3. The Morgan fingerprint density at radius 1 is 1.15 bits per heavy atom. The highest BCUT2D eigenvalue weighted by molar-refractivity contribution is 6.31. The maximum Gasteiger partial charge on any atom is 0.202 e. The third-order valence-electron chi connectivity index (χ3n) is 7.84. The predicted octanol–water partition coefficient (Wildman–Crippen LogP) is 0.00130. The van der Waals surface area contributed by atoms with Crippen LogP contribution in [0.2, 0.25) is 0 Å². The predicted molar refractivity (Wildman–Crippen MR) is 132 cm³/mol. The number of phenols is 2. The van der Waals surface area contributed by atoms with E-state index in [1.165, 1.54) is 25.3 Å². The van der Waals surface area contributed by atoms with Gasteiger partial charge in [-0.25, -0.2) is 0 Å². The molecule has 2 aliphatic carbocycles. The van der Waals surface area contributed by atoms with Crippen LogP contribution >= 0.6 is 0 Å². The van der Waals surface area contributed by atoms with Gasteiger partial charge in [0.25, 0.3) is 0 Å². The van der Waals surface area contributed by atoms with E-state index >= 15 is 0 Å². The highest BCUT2D eigenvalue weighted by atomic mass is 16.7. The molecule has 2 aromatic rings. The van der Waals surface area contributed by atoms with Crippen LogP contribution in [0.4, 0.5) is 0 Å². The van der Waals surface area contributed by atoms with E-state index < -0.39 is 89.2 Å². The average molecular weight is 544 g/mol. The number of rotatable bonds is 5. The summed E-state index contributed by atoms with van der Waals surface area (Å²) in [6.07, 6.45) is -5.60. The number of carbonyl (C=O) groups is 3. The molecule has 2 aromatic carbocycles. The molecule has 1 saturated heterocycles. The van der Waals surface area contributed by atoms with Crippen LogP contribution in [0, 0.1) is 0 Å². The summed E-state index contributed by atoms with van der Waals surface area (Å²) in [5.74, 6) is -3.38. The number of carbonyl (C=O) groups excluding carboxylic acids is 3. The number of fused-ring (bicyclic) bond motifs is 3. The molecule has 0 bridgehead atoms. The van der Waals surface area contributed by atoms with Gasteiger partial charge >= 0.3 is 0 Å². The lowest BCUT2D eigenvalue weighted by molar-refractivity contribution is -0.256. The van der Waals surface area contributed by atoms with Gasteiger partial charge in [-0.2, -0.15) is 0 Å². The average Bonchev–Trinajstić information content (AvgIpc) is 2.90. The van der Waals surface area contributed by atoms with Crippen molar-refractivity contribution >= 4 is 17.3 Å². The second-order valence-electron chi connectivity index (χ2n) is 10.2. The van der Waals surface area contributed by atoms with Gasteiger partial charge in [0.15, 0.2) is 17.9 Å². The number of ketones is 3. The van der Waals surface area contributed by atoms with Crippen molar-refractivity contribution in [1.29, 1.82) is 0 Å². The zero-order valence-electron chi connectivity index (χ0n) is 21.2. The quantitative estimate of drug-likeness (QED) is 0.235. The standard InChI is InChI=1S/C27H29NO11/c1-10(30)27(36)7-12-19(15(8-27)38-17-6-13(28)24(33)16(9-29)39-17)26(35)21-20(23(12)32)22(31)11-4-3-5-14(37-2)18(11)25(21)34/h3-5,13,15-17,24,29,32-33,35-36H,6-9,28H2,1-2H3/t13-,15+,16+,17-,24-,27+/m1/s1. The van der Waals surface area contributed by atoms with Gasteiger partial charge in [0, 0.05) is 42.0 Å². The minimum atomic E-state index is -2.05. The molecule has 1 fully saturated rings. The first kappa shape index (κ1) is 27.2. The lowest BCUT2D eigenvalue weighted by Gasteiger charge is -2.42. The van der Waals surface area contributed by atoms with Gasteiger partial charge in [0.2, 0.25) is 5.78 Å². The van der Waals surface area contributed by atoms with Crippen molar-refractivity contribution < 1.29 is 54.1 Å². The summed E-state index contributed by atoms with van der Waals surface area (Å²) in [6, 6.07) is 3.54. The minimum absolute atomic E-state index is 0.0369. The summed E-state index contributed by atoms with van der Waals surface area (Å²) in [7, 11) is 1.32. The van der Waals surface area contributed by atoms with Crippen molar-refractivity contribution in [3.63, 3.8) is 0 Å². The first-order valence-electron chi connectivity index (χ1n) is 12.4. The van der Waals surface area contributed by atoms with Gasteiger partial charge in [-0.15, -0.1) is 0 Å². The smallest absolute Gasteiger partial charge is 0.202 e. The van der Waals surface area contributed by atoms with Crippen LogP contribution in [-0.4, -0.2) is 86.7 Å². The second kappa shape index (κ2) is 9.66. The molecule has 6 atom stereocenters. The molecular formula is C27H29NO11. The number of methoxy groups -OCH3 is 1. The van der Waals surface area contributed by atoms with Crippen molar-refractivity contribution in [1.82, 2.24) is 0 Å². The number of benzene rings is 2. The highest BCUT2D eigenvalue weighted by Gasteiger charge is 2.49. The van der Waals surface area contributed by atoms with Crippen LogP contribution in [0.15, 0.2) is 18.2 Å². The van der Waals surface area contributed by atoms with Crippen LogP contribution < -0.4 is 10.5 Å². The number of hydrogen-bond donors (Lipinski definition) is 6. The van der Waals surface area contributed by atoms with Gasteiger partial charge in [-0.3, -0.25) is 14.4 Å². The van der Waals surface area contributed by atoms with E-state index in [9.17, 15) is 39.9 Å². The zero-order chi connectivity index (χ0) is 28.4. The Morgan fingerprint density at radius 3 is 2.49 bits per heavy atom. The molecule has 7 N–H and O–H groups in total. The molecule has 12 heteroatoms. The molecule has 0 aromatic heterocycles. The fourth-order valence-corrected chi connectivity index (χ4v) is 5.69. The molecule has 0 amide bonds. The van der Waals surface area contributed by atoms with E-state index in [0.29, 0.717) is 0 Å². The number of phenolic OH excluding ortho intramolecular Hbond substituents is 2. The van der Waals surface area contributed by atoms with E-state index in [4.69, 9.17) is 19.9 Å². The molecule has 0 radical (unpaired) electrons. The van der Waals surface area contributed by atoms with Crippen LogP contribution in [0.1, 0.15) is 68.8 Å². The Labute approximate surface area is 222 Å². The van der Waals surface area contributed by atoms with Gasteiger partial charge in [0.05, 0.1) is 42.6 Å². The Bertz CT molecular complexity index is 1390. The Balaban J connectivity index is 1.67. The van der Waals surface area contributed by atoms with E-state index in [0.717, 1.165) is 6.92 Å². The van der Waals surface area contributed by atoms with Crippen LogP contribution in [0.3, 0.4) is 0 Å².